The molecule has 0 fully saturated rings. The van der Waals surface area contributed by atoms with E-state index in [1.165, 1.54) is 0 Å². The highest BCUT2D eigenvalue weighted by Gasteiger charge is 2.06. The lowest BCUT2D eigenvalue weighted by Gasteiger charge is -1.99. The van der Waals surface area contributed by atoms with Gasteiger partial charge in [-0.1, -0.05) is 35.2 Å². The molecule has 7 heteroatoms. The molecule has 0 amide bonds. The van der Waals surface area contributed by atoms with E-state index in [4.69, 9.17) is 10.9 Å². The minimum atomic E-state index is -4.10. The van der Waals surface area contributed by atoms with Crippen molar-refractivity contribution in [1.82, 2.24) is 4.89 Å². The van der Waals surface area contributed by atoms with E-state index in [1.54, 1.807) is 30.3 Å². The summed E-state index contributed by atoms with van der Waals surface area (Å²) in [7, 11) is -4.10. The summed E-state index contributed by atoms with van der Waals surface area (Å²) in [5.74, 6) is -0.188. The maximum absolute atomic E-state index is 10.8. The van der Waals surface area contributed by atoms with Crippen LogP contribution in [0.25, 0.3) is 0 Å². The van der Waals surface area contributed by atoms with Gasteiger partial charge in [0.05, 0.1) is 0 Å². The Bertz CT molecular complexity index is 427. The molecule has 1 aromatic rings. The summed E-state index contributed by atoms with van der Waals surface area (Å²) in [6.45, 7) is 0. The summed E-state index contributed by atoms with van der Waals surface area (Å²) in [5, 5.41) is 8.19. The number of amidine groups is 1. The van der Waals surface area contributed by atoms with Crippen LogP contribution in [-0.4, -0.2) is 19.5 Å². The van der Waals surface area contributed by atoms with Gasteiger partial charge in [-0.15, -0.1) is 4.40 Å². The minimum absolute atomic E-state index is 0.188. The lowest BCUT2D eigenvalue weighted by atomic mass is 10.2. The van der Waals surface area contributed by atoms with Gasteiger partial charge < -0.3 is 10.9 Å². The van der Waals surface area contributed by atoms with Crippen LogP contribution in [0, 0.1) is 0 Å². The molecule has 76 valence electrons. The fourth-order valence-corrected chi connectivity index (χ4v) is 1.22. The predicted octanol–water partition coefficient (Wildman–Crippen LogP) is -0.384. The Morgan fingerprint density at radius 3 is 2.43 bits per heavy atom. The van der Waals surface area contributed by atoms with E-state index in [0.29, 0.717) is 5.56 Å². The molecule has 0 aromatic heterocycles. The SMILES string of the molecule is NC(=NS(=O)(=O)NO)c1ccccc1. The summed E-state index contributed by atoms with van der Waals surface area (Å²) < 4.78 is 24.6. The molecule has 0 unspecified atom stereocenters. The molecule has 0 aliphatic carbocycles. The molecule has 0 heterocycles. The van der Waals surface area contributed by atoms with Crippen molar-refractivity contribution in [2.45, 2.75) is 0 Å². The molecule has 14 heavy (non-hydrogen) atoms. The smallest absolute Gasteiger partial charge is 0.343 e. The molecule has 0 aliphatic heterocycles. The highest BCUT2D eigenvalue weighted by Crippen LogP contribution is 1.99. The van der Waals surface area contributed by atoms with Crippen molar-refractivity contribution in [3.05, 3.63) is 35.9 Å². The van der Waals surface area contributed by atoms with Crippen molar-refractivity contribution >= 4 is 16.0 Å². The first-order chi connectivity index (χ1) is 6.55. The monoisotopic (exact) mass is 215 g/mol. The van der Waals surface area contributed by atoms with Crippen molar-refractivity contribution in [2.24, 2.45) is 10.1 Å². The van der Waals surface area contributed by atoms with Crippen molar-refractivity contribution in [1.29, 1.82) is 0 Å². The van der Waals surface area contributed by atoms with Gasteiger partial charge in [-0.05, 0) is 0 Å². The van der Waals surface area contributed by atoms with Crippen LogP contribution in [0.15, 0.2) is 34.7 Å². The van der Waals surface area contributed by atoms with Crippen LogP contribution in [0.5, 0.6) is 0 Å². The molecule has 1 rings (SSSR count). The van der Waals surface area contributed by atoms with Crippen LogP contribution in [0.4, 0.5) is 0 Å². The van der Waals surface area contributed by atoms with Crippen LogP contribution in [0.3, 0.4) is 0 Å². The standard InChI is InChI=1S/C7H9N3O3S/c8-7(9-14(12,13)10-11)6-4-2-1-3-5-6/h1-5,10-11H,(H2,8,9). The van der Waals surface area contributed by atoms with Gasteiger partial charge in [-0.3, -0.25) is 0 Å². The molecule has 0 saturated heterocycles. The molecule has 0 aliphatic rings. The third-order valence-corrected chi connectivity index (χ3v) is 2.07. The van der Waals surface area contributed by atoms with E-state index in [0.717, 1.165) is 4.89 Å². The minimum Gasteiger partial charge on any atom is -0.382 e. The molecule has 0 spiro atoms. The molecule has 1 aromatic carbocycles. The normalized spacial score (nSPS) is 12.8. The van der Waals surface area contributed by atoms with E-state index >= 15 is 0 Å². The number of hydrogen-bond acceptors (Lipinski definition) is 3. The average Bonchev–Trinajstić information content (AvgIpc) is 2.19. The zero-order valence-corrected chi connectivity index (χ0v) is 7.90. The maximum Gasteiger partial charge on any atom is 0.343 e. The molecule has 6 nitrogen and oxygen atoms in total. The summed E-state index contributed by atoms with van der Waals surface area (Å²) in [6, 6.07) is 8.35. The fraction of sp³-hybridized carbons (Fsp3) is 0. The zero-order chi connectivity index (χ0) is 10.6. The molecule has 4 N–H and O–H groups in total. The largest absolute Gasteiger partial charge is 0.382 e. The Morgan fingerprint density at radius 2 is 1.93 bits per heavy atom. The number of benzene rings is 1. The number of nitrogens with one attached hydrogen (secondary N) is 1. The van der Waals surface area contributed by atoms with Crippen LogP contribution >= 0.6 is 0 Å². The van der Waals surface area contributed by atoms with Crippen molar-refractivity contribution in [2.75, 3.05) is 0 Å². The van der Waals surface area contributed by atoms with Crippen molar-refractivity contribution in [3.8, 4) is 0 Å². The van der Waals surface area contributed by atoms with Gasteiger partial charge in [0.25, 0.3) is 0 Å². The lowest BCUT2D eigenvalue weighted by Crippen LogP contribution is -2.22. The molecule has 0 atom stereocenters. The van der Waals surface area contributed by atoms with Crippen LogP contribution in [0.1, 0.15) is 5.56 Å². The third-order valence-electron chi connectivity index (χ3n) is 1.40. The number of hydrogen-bond donors (Lipinski definition) is 3. The first kappa shape index (κ1) is 10.6. The van der Waals surface area contributed by atoms with Crippen molar-refractivity contribution < 1.29 is 13.6 Å². The number of rotatable bonds is 3. The average molecular weight is 215 g/mol. The van der Waals surface area contributed by atoms with E-state index in [1.807, 2.05) is 0 Å². The van der Waals surface area contributed by atoms with Crippen molar-refractivity contribution in [3.63, 3.8) is 0 Å². The summed E-state index contributed by atoms with van der Waals surface area (Å²) in [5.41, 5.74) is 5.84. The van der Waals surface area contributed by atoms with Crippen LogP contribution in [-0.2, 0) is 10.2 Å². The molecule has 0 radical (unpaired) electrons. The number of nitrogens with zero attached hydrogens (tertiary/aromatic N) is 1. The Morgan fingerprint density at radius 1 is 1.36 bits per heavy atom. The van der Waals surface area contributed by atoms with Gasteiger partial charge in [0.1, 0.15) is 5.84 Å². The van der Waals surface area contributed by atoms with Gasteiger partial charge >= 0.3 is 10.2 Å². The Balaban J connectivity index is 3.03. The van der Waals surface area contributed by atoms with Gasteiger partial charge in [0, 0.05) is 5.56 Å². The highest BCUT2D eigenvalue weighted by atomic mass is 32.2. The Hall–Kier alpha value is -1.44. The second-order valence-electron chi connectivity index (χ2n) is 2.41. The summed E-state index contributed by atoms with van der Waals surface area (Å²) >= 11 is 0. The fourth-order valence-electron chi connectivity index (χ4n) is 0.812. The molecule has 0 saturated carbocycles. The third kappa shape index (κ3) is 2.80. The molecular weight excluding hydrogens is 206 g/mol. The summed E-state index contributed by atoms with van der Waals surface area (Å²) in [6.07, 6.45) is 0. The second kappa shape index (κ2) is 4.18. The van der Waals surface area contributed by atoms with Crippen LogP contribution in [0.2, 0.25) is 0 Å². The summed E-state index contributed by atoms with van der Waals surface area (Å²) in [4.78, 5) is 1.05. The topological polar surface area (TPSA) is 105 Å². The quantitative estimate of drug-likeness (QED) is 0.363. The maximum atomic E-state index is 10.8. The highest BCUT2D eigenvalue weighted by molar-refractivity contribution is 7.88. The van der Waals surface area contributed by atoms with E-state index in [-0.39, 0.29) is 5.84 Å². The number of nitrogens with two attached hydrogens (primary N) is 1. The second-order valence-corrected chi connectivity index (χ2v) is 3.72. The first-order valence-electron chi connectivity index (χ1n) is 3.62. The Labute approximate surface area is 81.2 Å². The molecular formula is C7H9N3O3S. The van der Waals surface area contributed by atoms with Gasteiger partial charge in [-0.2, -0.15) is 8.42 Å². The molecule has 0 bridgehead atoms. The van der Waals surface area contributed by atoms with Gasteiger partial charge in [0.2, 0.25) is 0 Å². The van der Waals surface area contributed by atoms with E-state index in [2.05, 4.69) is 4.40 Å². The lowest BCUT2D eigenvalue weighted by molar-refractivity contribution is 0.243. The zero-order valence-electron chi connectivity index (χ0n) is 7.08. The first-order valence-corrected chi connectivity index (χ1v) is 5.06. The predicted molar refractivity (Wildman–Crippen MR) is 51.0 cm³/mol. The van der Waals surface area contributed by atoms with Crippen LogP contribution < -0.4 is 10.6 Å². The Kier molecular flexibility index (Phi) is 3.18. The van der Waals surface area contributed by atoms with E-state index < -0.39 is 10.2 Å². The van der Waals surface area contributed by atoms with Gasteiger partial charge in [0.15, 0.2) is 0 Å². The van der Waals surface area contributed by atoms with Gasteiger partial charge in [-0.25, -0.2) is 0 Å². The van der Waals surface area contributed by atoms with E-state index in [9.17, 15) is 8.42 Å².